The number of benzene rings is 2. The molecule has 1 saturated heterocycles. The fourth-order valence-electron chi connectivity index (χ4n) is 2.86. The number of hydrogen-bond donors (Lipinski definition) is 2. The molecule has 3 rings (SSSR count). The summed E-state index contributed by atoms with van der Waals surface area (Å²) in [6, 6.07) is 12.9. The van der Waals surface area contributed by atoms with Gasteiger partial charge in [0.15, 0.2) is 5.17 Å². The van der Waals surface area contributed by atoms with E-state index in [1.165, 1.54) is 24.3 Å². The van der Waals surface area contributed by atoms with Crippen LogP contribution in [0.15, 0.2) is 53.5 Å². The lowest BCUT2D eigenvalue weighted by Crippen LogP contribution is -2.31. The highest BCUT2D eigenvalue weighted by molar-refractivity contribution is 8.15. The number of carbonyl (C=O) groups is 3. The molecule has 9 heteroatoms. The normalized spacial score (nSPS) is 16.8. The van der Waals surface area contributed by atoms with Crippen molar-refractivity contribution in [3.8, 4) is 5.75 Å². The summed E-state index contributed by atoms with van der Waals surface area (Å²) in [5.74, 6) is -1.16. The van der Waals surface area contributed by atoms with Gasteiger partial charge in [0.2, 0.25) is 11.8 Å². The van der Waals surface area contributed by atoms with Crippen molar-refractivity contribution in [1.82, 2.24) is 0 Å². The summed E-state index contributed by atoms with van der Waals surface area (Å²) in [6.45, 7) is 0. The lowest BCUT2D eigenvalue weighted by molar-refractivity contribution is -0.121. The Hall–Kier alpha value is -3.33. The van der Waals surface area contributed by atoms with Gasteiger partial charge in [-0.15, -0.1) is 0 Å². The first-order valence-corrected chi connectivity index (χ1v) is 9.56. The first-order chi connectivity index (χ1) is 13.9. The quantitative estimate of drug-likeness (QED) is 0.441. The van der Waals surface area contributed by atoms with E-state index in [4.69, 9.17) is 9.84 Å². The first kappa shape index (κ1) is 20.4. The van der Waals surface area contributed by atoms with Crippen molar-refractivity contribution in [2.24, 2.45) is 4.99 Å². The number of anilines is 2. The van der Waals surface area contributed by atoms with Crippen molar-refractivity contribution in [3.63, 3.8) is 0 Å². The van der Waals surface area contributed by atoms with Crippen LogP contribution in [-0.2, 0) is 9.59 Å². The van der Waals surface area contributed by atoms with Crippen molar-refractivity contribution in [2.45, 2.75) is 11.7 Å². The number of nitrogens with zero attached hydrogens (tertiary/aromatic N) is 2. The second-order valence-electron chi connectivity index (χ2n) is 6.08. The van der Waals surface area contributed by atoms with E-state index >= 15 is 0 Å². The zero-order valence-corrected chi connectivity index (χ0v) is 16.6. The molecule has 1 heterocycles. The minimum absolute atomic E-state index is 0.0246. The molecule has 2 aromatic carbocycles. The van der Waals surface area contributed by atoms with Gasteiger partial charge >= 0.3 is 5.97 Å². The van der Waals surface area contributed by atoms with Crippen molar-refractivity contribution in [3.05, 3.63) is 54.1 Å². The predicted octanol–water partition coefficient (Wildman–Crippen LogP) is 2.86. The maximum atomic E-state index is 12.8. The summed E-state index contributed by atoms with van der Waals surface area (Å²) >= 11 is 1.16. The van der Waals surface area contributed by atoms with Gasteiger partial charge in [-0.1, -0.05) is 23.9 Å². The third kappa shape index (κ3) is 4.40. The number of imide groups is 1. The monoisotopic (exact) mass is 413 g/mol. The molecular weight excluding hydrogens is 394 g/mol. The number of carboxylic acid groups (broad SMARTS) is 1. The lowest BCUT2D eigenvalue weighted by Gasteiger charge is -2.16. The topological polar surface area (TPSA) is 108 Å². The molecule has 29 heavy (non-hydrogen) atoms. The summed E-state index contributed by atoms with van der Waals surface area (Å²) in [7, 11) is 3.15. The standard InChI is InChI=1S/C20H19N3O5S/c1-21-20(22-14-5-3-4-6-15(14)28-2)29-16-11-17(24)23(18(16)25)13-9-7-12(8-10-13)19(26)27/h3-10,16H,11H2,1-2H3,(H,21,22)(H,26,27). The lowest BCUT2D eigenvalue weighted by atomic mass is 10.2. The SMILES string of the molecule is CN=C(Nc1ccccc1OC)SC1CC(=O)N(c2ccc(C(=O)O)cc2)C1=O. The summed E-state index contributed by atoms with van der Waals surface area (Å²) < 4.78 is 5.30. The second kappa shape index (κ2) is 8.78. The van der Waals surface area contributed by atoms with Gasteiger partial charge in [0, 0.05) is 13.5 Å². The van der Waals surface area contributed by atoms with Crippen LogP contribution in [0.5, 0.6) is 5.75 Å². The molecule has 150 valence electrons. The van der Waals surface area contributed by atoms with Crippen LogP contribution in [0.2, 0.25) is 0 Å². The Morgan fingerprint density at radius 3 is 2.52 bits per heavy atom. The van der Waals surface area contributed by atoms with Gasteiger partial charge in [-0.2, -0.15) is 0 Å². The Kier molecular flexibility index (Phi) is 6.18. The Morgan fingerprint density at radius 2 is 1.90 bits per heavy atom. The minimum Gasteiger partial charge on any atom is -0.495 e. The average molecular weight is 413 g/mol. The molecule has 1 aliphatic heterocycles. The number of aliphatic imine (C=N–C) groups is 1. The smallest absolute Gasteiger partial charge is 0.335 e. The Bertz CT molecular complexity index is 974. The van der Waals surface area contributed by atoms with Gasteiger partial charge in [-0.3, -0.25) is 14.6 Å². The summed E-state index contributed by atoms with van der Waals surface area (Å²) in [5.41, 5.74) is 1.13. The molecule has 0 saturated carbocycles. The number of nitrogens with one attached hydrogen (secondary N) is 1. The molecule has 2 N–H and O–H groups in total. The Balaban J connectivity index is 1.74. The summed E-state index contributed by atoms with van der Waals surface area (Å²) in [4.78, 5) is 41.5. The fraction of sp³-hybridized carbons (Fsp3) is 0.200. The van der Waals surface area contributed by atoms with E-state index in [2.05, 4.69) is 10.3 Å². The molecule has 8 nitrogen and oxygen atoms in total. The van der Waals surface area contributed by atoms with Crippen LogP contribution in [0, 0.1) is 0 Å². The van der Waals surface area contributed by atoms with Gasteiger partial charge in [0.1, 0.15) is 11.0 Å². The van der Waals surface area contributed by atoms with Crippen LogP contribution in [0.3, 0.4) is 0 Å². The number of thioether (sulfide) groups is 1. The van der Waals surface area contributed by atoms with Crippen LogP contribution in [-0.4, -0.2) is 47.5 Å². The van der Waals surface area contributed by atoms with Gasteiger partial charge < -0.3 is 15.2 Å². The van der Waals surface area contributed by atoms with Crippen LogP contribution >= 0.6 is 11.8 Å². The highest BCUT2D eigenvalue weighted by Gasteiger charge is 2.40. The number of rotatable bonds is 5. The molecule has 0 aromatic heterocycles. The third-order valence-electron chi connectivity index (χ3n) is 4.28. The van der Waals surface area contributed by atoms with E-state index in [0.717, 1.165) is 16.7 Å². The molecule has 1 atom stereocenters. The Morgan fingerprint density at radius 1 is 1.21 bits per heavy atom. The highest BCUT2D eigenvalue weighted by Crippen LogP contribution is 2.32. The van der Waals surface area contributed by atoms with Crippen molar-refractivity contribution >= 4 is 46.1 Å². The number of amidine groups is 1. The number of carbonyl (C=O) groups excluding carboxylic acids is 2. The maximum absolute atomic E-state index is 12.8. The van der Waals surface area contributed by atoms with E-state index in [9.17, 15) is 14.4 Å². The maximum Gasteiger partial charge on any atom is 0.335 e. The summed E-state index contributed by atoms with van der Waals surface area (Å²) in [5, 5.41) is 12.0. The summed E-state index contributed by atoms with van der Waals surface area (Å²) in [6.07, 6.45) is 0.0246. The second-order valence-corrected chi connectivity index (χ2v) is 7.28. The van der Waals surface area contributed by atoms with Gasteiger partial charge in [0.25, 0.3) is 0 Å². The molecule has 1 fully saturated rings. The van der Waals surface area contributed by atoms with E-state index in [0.29, 0.717) is 22.3 Å². The predicted molar refractivity (Wildman–Crippen MR) is 112 cm³/mol. The van der Waals surface area contributed by atoms with Crippen molar-refractivity contribution in [2.75, 3.05) is 24.4 Å². The minimum atomic E-state index is -1.07. The van der Waals surface area contributed by atoms with Crippen molar-refractivity contribution in [1.29, 1.82) is 0 Å². The van der Waals surface area contributed by atoms with Crippen LogP contribution in [0.4, 0.5) is 11.4 Å². The molecule has 2 amide bonds. The Labute approximate surface area is 171 Å². The van der Waals surface area contributed by atoms with Crippen LogP contribution in [0.1, 0.15) is 16.8 Å². The van der Waals surface area contributed by atoms with E-state index in [1.54, 1.807) is 20.2 Å². The van der Waals surface area contributed by atoms with Crippen LogP contribution < -0.4 is 15.0 Å². The molecule has 0 spiro atoms. The first-order valence-electron chi connectivity index (χ1n) is 8.68. The van der Waals surface area contributed by atoms with E-state index in [1.807, 2.05) is 18.2 Å². The molecule has 2 aromatic rings. The number of hydrogen-bond acceptors (Lipinski definition) is 6. The van der Waals surface area contributed by atoms with Crippen molar-refractivity contribution < 1.29 is 24.2 Å². The van der Waals surface area contributed by atoms with Gasteiger partial charge in [-0.05, 0) is 36.4 Å². The molecule has 1 unspecified atom stereocenters. The third-order valence-corrected chi connectivity index (χ3v) is 5.44. The van der Waals surface area contributed by atoms with Crippen LogP contribution in [0.25, 0.3) is 0 Å². The number of aromatic carboxylic acids is 1. The average Bonchev–Trinajstić information content (AvgIpc) is 3.00. The molecule has 0 radical (unpaired) electrons. The van der Waals surface area contributed by atoms with E-state index in [-0.39, 0.29) is 23.8 Å². The molecule has 1 aliphatic rings. The highest BCUT2D eigenvalue weighted by atomic mass is 32.2. The number of amides is 2. The molecule has 0 aliphatic carbocycles. The van der Waals surface area contributed by atoms with E-state index < -0.39 is 11.2 Å². The number of methoxy groups -OCH3 is 1. The fourth-order valence-corrected chi connectivity index (χ4v) is 3.83. The number of para-hydroxylation sites is 2. The van der Waals surface area contributed by atoms with Gasteiger partial charge in [-0.25, -0.2) is 9.69 Å². The zero-order chi connectivity index (χ0) is 21.0. The number of carboxylic acids is 1. The number of ether oxygens (including phenoxy) is 1. The molecule has 0 bridgehead atoms. The zero-order valence-electron chi connectivity index (χ0n) is 15.8. The largest absolute Gasteiger partial charge is 0.495 e. The molecular formula is C20H19N3O5S. The van der Waals surface area contributed by atoms with Gasteiger partial charge in [0.05, 0.1) is 24.0 Å².